The Morgan fingerprint density at radius 3 is 0.956 bits per heavy atom. The maximum Gasteiger partial charge on any atom is 0.268 e. The molecule has 0 fully saturated rings. The van der Waals surface area contributed by atoms with Crippen molar-refractivity contribution >= 4 is 13.7 Å². The summed E-state index contributed by atoms with van der Waals surface area (Å²) in [4.78, 5) is 25.7. The molecule has 0 rings (SSSR count). The smallest absolute Gasteiger partial charge is 0.268 e. The van der Waals surface area contributed by atoms with Gasteiger partial charge in [-0.1, -0.05) is 383 Å². The minimum absolute atomic E-state index is 0.00818. The van der Waals surface area contributed by atoms with Crippen LogP contribution in [0.15, 0.2) is 60.8 Å². The van der Waals surface area contributed by atoms with E-state index in [0.717, 1.165) is 51.4 Å². The third-order valence-corrected chi connectivity index (χ3v) is 19.4. The molecule has 3 unspecified atom stereocenters. The molecule has 1 amide bonds. The highest BCUT2D eigenvalue weighted by atomic mass is 31.2. The fourth-order valence-electron chi connectivity index (χ4n) is 12.2. The van der Waals surface area contributed by atoms with Crippen molar-refractivity contribution in [1.29, 1.82) is 0 Å². The van der Waals surface area contributed by atoms with Crippen molar-refractivity contribution in [2.75, 3.05) is 40.9 Å². The summed E-state index contributed by atoms with van der Waals surface area (Å²) in [6.45, 7) is 4.67. The second kappa shape index (κ2) is 72.5. The summed E-state index contributed by atoms with van der Waals surface area (Å²) in [5.41, 5.74) is 0. The van der Waals surface area contributed by atoms with E-state index >= 15 is 0 Å². The Morgan fingerprint density at radius 1 is 0.385 bits per heavy atom. The summed E-state index contributed by atoms with van der Waals surface area (Å²) in [7, 11) is 1.25. The van der Waals surface area contributed by atoms with E-state index < -0.39 is 26.6 Å². The molecule has 3 atom stereocenters. The number of phosphoric acid groups is 1. The number of phosphoric ester groups is 1. The molecule has 0 aromatic carbocycles. The highest BCUT2D eigenvalue weighted by molar-refractivity contribution is 7.45. The van der Waals surface area contributed by atoms with Crippen molar-refractivity contribution in [3.8, 4) is 0 Å². The number of hydrogen-bond donors (Lipinski definition) is 2. The number of aliphatic hydroxyl groups excluding tert-OH is 1. The van der Waals surface area contributed by atoms with Gasteiger partial charge >= 0.3 is 0 Å². The molecule has 0 heterocycles. The second-order valence-corrected chi connectivity index (χ2v) is 30.2. The van der Waals surface area contributed by atoms with Gasteiger partial charge in [0.1, 0.15) is 13.2 Å². The fraction of sp³-hybridized carbons (Fsp3) is 0.866. The quantitative estimate of drug-likeness (QED) is 0.0272. The molecule has 91 heavy (non-hydrogen) atoms. The van der Waals surface area contributed by atoms with Crippen LogP contribution in [0.3, 0.4) is 0 Å². The van der Waals surface area contributed by atoms with Gasteiger partial charge in [-0.2, -0.15) is 0 Å². The van der Waals surface area contributed by atoms with Crippen LogP contribution in [0.2, 0.25) is 0 Å². The molecule has 0 bridgehead atoms. The number of quaternary nitrogens is 1. The van der Waals surface area contributed by atoms with Crippen LogP contribution in [0.4, 0.5) is 0 Å². The Balaban J connectivity index is 3.98. The molecule has 0 aromatic heterocycles. The predicted molar refractivity (Wildman–Crippen MR) is 399 cm³/mol. The van der Waals surface area contributed by atoms with Crippen molar-refractivity contribution in [2.45, 2.75) is 418 Å². The Morgan fingerprint density at radius 2 is 0.648 bits per heavy atom. The van der Waals surface area contributed by atoms with Gasteiger partial charge in [-0.25, -0.2) is 0 Å². The standard InChI is InChI=1S/C82H157N2O6P/c1-6-8-10-12-14-16-18-20-22-24-26-28-30-32-34-36-38-39-40-41-42-43-44-45-46-48-50-52-54-56-58-60-62-64-66-68-70-72-74-76-82(86)83-80(79-90-91(87,88)89-78-77-84(3,4)5)81(85)75-73-71-69-67-65-63-61-59-57-55-53-51-49-47-37-35-33-31-29-27-25-23-21-19-17-15-13-11-9-7-2/h18,20,24,26,57,59,65,67,73,75,80-81,85H,6-17,19,21-23,25,27-56,58,60-64,66,68-72,74,76-79H2,1-5H3,(H-,83,86,87,88)/b20-18-,26-24-,59-57+,67-65+,75-73+. The van der Waals surface area contributed by atoms with Gasteiger partial charge in [0.15, 0.2) is 0 Å². The van der Waals surface area contributed by atoms with Gasteiger partial charge in [0.2, 0.25) is 5.91 Å². The van der Waals surface area contributed by atoms with E-state index in [-0.39, 0.29) is 12.5 Å². The van der Waals surface area contributed by atoms with E-state index in [2.05, 4.69) is 67.8 Å². The van der Waals surface area contributed by atoms with Crippen molar-refractivity contribution in [2.24, 2.45) is 0 Å². The molecular weight excluding hydrogens is 1140 g/mol. The van der Waals surface area contributed by atoms with Gasteiger partial charge in [0.25, 0.3) is 7.82 Å². The number of aliphatic hydroxyl groups is 1. The summed E-state index contributed by atoms with van der Waals surface area (Å²) >= 11 is 0. The van der Waals surface area contributed by atoms with Gasteiger partial charge < -0.3 is 28.8 Å². The third kappa shape index (κ3) is 75.4. The first kappa shape index (κ1) is 89.2. The molecule has 8 nitrogen and oxygen atoms in total. The monoisotopic (exact) mass is 1300 g/mol. The lowest BCUT2D eigenvalue weighted by Crippen LogP contribution is -2.45. The number of amides is 1. The summed E-state index contributed by atoms with van der Waals surface area (Å²) in [6.07, 6.45) is 101. The lowest BCUT2D eigenvalue weighted by molar-refractivity contribution is -0.870. The Labute approximate surface area is 568 Å². The van der Waals surface area contributed by atoms with Crippen molar-refractivity contribution in [3.05, 3.63) is 60.8 Å². The number of allylic oxidation sites excluding steroid dienone is 9. The number of likely N-dealkylation sites (N-methyl/N-ethyl adjacent to an activating group) is 1. The van der Waals surface area contributed by atoms with Crippen LogP contribution < -0.4 is 10.2 Å². The molecule has 0 aliphatic carbocycles. The normalized spacial score (nSPS) is 13.8. The minimum Gasteiger partial charge on any atom is -0.756 e. The van der Waals surface area contributed by atoms with E-state index in [1.165, 1.54) is 334 Å². The molecule has 9 heteroatoms. The lowest BCUT2D eigenvalue weighted by Gasteiger charge is -2.29. The van der Waals surface area contributed by atoms with Crippen LogP contribution in [0.1, 0.15) is 406 Å². The molecule has 0 saturated heterocycles. The predicted octanol–water partition coefficient (Wildman–Crippen LogP) is 25.7. The number of carbonyl (C=O) groups excluding carboxylic acids is 1. The molecule has 0 aliphatic rings. The lowest BCUT2D eigenvalue weighted by atomic mass is 10.0. The molecule has 0 spiro atoms. The zero-order valence-corrected chi connectivity index (χ0v) is 62.5. The third-order valence-electron chi connectivity index (χ3n) is 18.4. The van der Waals surface area contributed by atoms with E-state index in [1.807, 2.05) is 27.2 Å². The Bertz CT molecular complexity index is 1670. The molecule has 0 radical (unpaired) electrons. The SMILES string of the molecule is CCCCCCC/C=C\C/C=C\CCCCCCCCCCCCCCCCCCCCCCCCCCCCCC(=O)NC(COP(=O)([O-])OCC[N+](C)(C)C)C(O)/C=C/CC/C=C/CC/C=C/CCCCCCCCCCCCCCCCCCCCCC. The van der Waals surface area contributed by atoms with Gasteiger partial charge in [0.05, 0.1) is 39.9 Å². The number of nitrogens with zero attached hydrogens (tertiary/aromatic N) is 1. The molecule has 0 aromatic rings. The molecule has 0 saturated carbocycles. The summed E-state index contributed by atoms with van der Waals surface area (Å²) in [5, 5.41) is 14.0. The van der Waals surface area contributed by atoms with Gasteiger partial charge in [0, 0.05) is 6.42 Å². The molecule has 2 N–H and O–H groups in total. The molecule has 0 aliphatic heterocycles. The Hall–Kier alpha value is -1.80. The molecule has 536 valence electrons. The van der Waals surface area contributed by atoms with E-state index in [1.54, 1.807) is 6.08 Å². The summed E-state index contributed by atoms with van der Waals surface area (Å²) < 4.78 is 23.5. The summed E-state index contributed by atoms with van der Waals surface area (Å²) in [6, 6.07) is -0.912. The zero-order chi connectivity index (χ0) is 66.2. The van der Waals surface area contributed by atoms with Crippen molar-refractivity contribution in [3.63, 3.8) is 0 Å². The first-order chi connectivity index (χ1) is 44.5. The van der Waals surface area contributed by atoms with E-state index in [4.69, 9.17) is 9.05 Å². The van der Waals surface area contributed by atoms with Crippen LogP contribution in [0.25, 0.3) is 0 Å². The topological polar surface area (TPSA) is 108 Å². The Kier molecular flexibility index (Phi) is 71.0. The van der Waals surface area contributed by atoms with Crippen LogP contribution in [-0.4, -0.2) is 68.5 Å². The number of rotatable bonds is 75. The zero-order valence-electron chi connectivity index (χ0n) is 61.6. The fourth-order valence-corrected chi connectivity index (χ4v) is 12.9. The summed E-state index contributed by atoms with van der Waals surface area (Å²) in [5.74, 6) is -0.204. The van der Waals surface area contributed by atoms with E-state index in [9.17, 15) is 19.4 Å². The van der Waals surface area contributed by atoms with Crippen molar-refractivity contribution in [1.82, 2.24) is 5.32 Å². The van der Waals surface area contributed by atoms with Gasteiger partial charge in [-0.3, -0.25) is 9.36 Å². The number of nitrogens with one attached hydrogen (secondary N) is 1. The van der Waals surface area contributed by atoms with Gasteiger partial charge in [-0.05, 0) is 77.0 Å². The molecular formula is C82H157N2O6P. The largest absolute Gasteiger partial charge is 0.756 e. The maximum atomic E-state index is 13.1. The van der Waals surface area contributed by atoms with Gasteiger partial charge in [-0.15, -0.1) is 0 Å². The first-order valence-corrected chi connectivity index (χ1v) is 41.6. The van der Waals surface area contributed by atoms with Crippen LogP contribution in [-0.2, 0) is 18.4 Å². The van der Waals surface area contributed by atoms with E-state index in [0.29, 0.717) is 17.4 Å². The number of hydrogen-bond acceptors (Lipinski definition) is 6. The number of carbonyl (C=O) groups is 1. The highest BCUT2D eigenvalue weighted by Gasteiger charge is 2.23. The van der Waals surface area contributed by atoms with Crippen LogP contribution in [0, 0.1) is 0 Å². The maximum absolute atomic E-state index is 13.1. The van der Waals surface area contributed by atoms with Crippen LogP contribution >= 0.6 is 7.82 Å². The average Bonchev–Trinajstić information content (AvgIpc) is 3.58. The minimum atomic E-state index is -4.62. The average molecular weight is 1300 g/mol. The number of unbranched alkanes of at least 4 members (excludes halogenated alkanes) is 54. The van der Waals surface area contributed by atoms with Crippen LogP contribution in [0.5, 0.6) is 0 Å². The second-order valence-electron chi connectivity index (χ2n) is 28.8. The van der Waals surface area contributed by atoms with Crippen molar-refractivity contribution < 1.29 is 32.9 Å². The highest BCUT2D eigenvalue weighted by Crippen LogP contribution is 2.38. The first-order valence-electron chi connectivity index (χ1n) is 40.2.